The van der Waals surface area contributed by atoms with E-state index >= 15 is 0 Å². The number of anilines is 1. The SMILES string of the molecule is CC(C)(C)OCCC[C@H](NC(=O)N[C@@H](CCCCNC(=O)[C@H](Cc1ccc2ccccc2c1)NC(=O)Cn1ccc(-c2ccc(N)cc2)n1)C(=O)OC(C)(C)C)C(=O)OC(C)(C)C. The minimum absolute atomic E-state index is 0.104. The number of amides is 4. The molecule has 0 radical (unpaired) electrons. The topological polar surface area (TPSA) is 205 Å². The van der Waals surface area contributed by atoms with Crippen LogP contribution in [0.15, 0.2) is 79.0 Å². The van der Waals surface area contributed by atoms with Crippen LogP contribution in [0, 0.1) is 0 Å². The number of carbonyl (C=O) groups excluding carboxylic acids is 5. The average Bonchev–Trinajstić information content (AvgIpc) is 3.64. The number of nitrogens with two attached hydrogens (primary N) is 1. The lowest BCUT2D eigenvalue weighted by Crippen LogP contribution is -2.53. The molecule has 3 atom stereocenters. The van der Waals surface area contributed by atoms with Gasteiger partial charge < -0.3 is 41.2 Å². The Morgan fingerprint density at radius 3 is 1.89 bits per heavy atom. The molecule has 0 saturated carbocycles. The summed E-state index contributed by atoms with van der Waals surface area (Å²) in [5.41, 5.74) is 6.90. The first-order chi connectivity index (χ1) is 29.5. The summed E-state index contributed by atoms with van der Waals surface area (Å²) in [6.07, 6.45) is 3.73. The van der Waals surface area contributed by atoms with E-state index in [1.165, 1.54) is 4.68 Å². The van der Waals surface area contributed by atoms with Crippen molar-refractivity contribution in [3.63, 3.8) is 0 Å². The Morgan fingerprint density at radius 1 is 0.683 bits per heavy atom. The number of nitrogen functional groups attached to an aromatic ring is 1. The quantitative estimate of drug-likeness (QED) is 0.0365. The van der Waals surface area contributed by atoms with Crippen LogP contribution in [0.1, 0.15) is 100.0 Å². The van der Waals surface area contributed by atoms with Crippen molar-refractivity contribution >= 4 is 46.2 Å². The van der Waals surface area contributed by atoms with Crippen molar-refractivity contribution in [3.05, 3.63) is 84.6 Å². The molecule has 0 saturated heterocycles. The number of nitrogens with zero attached hydrogens (tertiary/aromatic N) is 2. The summed E-state index contributed by atoms with van der Waals surface area (Å²) >= 11 is 0. The van der Waals surface area contributed by atoms with E-state index in [2.05, 4.69) is 26.4 Å². The molecule has 15 nitrogen and oxygen atoms in total. The maximum absolute atomic E-state index is 13.8. The van der Waals surface area contributed by atoms with Crippen molar-refractivity contribution in [2.24, 2.45) is 0 Å². The van der Waals surface area contributed by atoms with Gasteiger partial charge in [-0.1, -0.05) is 54.6 Å². The molecule has 3 aromatic carbocycles. The highest BCUT2D eigenvalue weighted by Gasteiger charge is 2.31. The lowest BCUT2D eigenvalue weighted by molar-refractivity contribution is -0.157. The van der Waals surface area contributed by atoms with Crippen molar-refractivity contribution in [3.8, 4) is 11.3 Å². The lowest BCUT2D eigenvalue weighted by atomic mass is 10.0. The van der Waals surface area contributed by atoms with Gasteiger partial charge in [-0.15, -0.1) is 0 Å². The predicted octanol–water partition coefficient (Wildman–Crippen LogP) is 6.61. The van der Waals surface area contributed by atoms with Gasteiger partial charge >= 0.3 is 18.0 Å². The summed E-state index contributed by atoms with van der Waals surface area (Å²) in [7, 11) is 0. The Balaban J connectivity index is 1.38. The van der Waals surface area contributed by atoms with Crippen LogP contribution in [0.25, 0.3) is 22.0 Å². The van der Waals surface area contributed by atoms with Crippen LogP contribution in [0.2, 0.25) is 0 Å². The summed E-state index contributed by atoms with van der Waals surface area (Å²) in [5.74, 6) is -2.00. The molecular formula is C48H67N7O8. The molecule has 0 aliphatic carbocycles. The summed E-state index contributed by atoms with van der Waals surface area (Å²) in [5, 5.41) is 17.9. The zero-order valence-electron chi connectivity index (χ0n) is 38.3. The molecule has 0 fully saturated rings. The molecule has 342 valence electrons. The summed E-state index contributed by atoms with van der Waals surface area (Å²) in [4.78, 5) is 67.0. The van der Waals surface area contributed by atoms with Crippen LogP contribution in [0.3, 0.4) is 0 Å². The number of hydrogen-bond acceptors (Lipinski definition) is 10. The van der Waals surface area contributed by atoms with E-state index in [1.54, 1.807) is 65.9 Å². The molecule has 0 bridgehead atoms. The predicted molar refractivity (Wildman–Crippen MR) is 244 cm³/mol. The Kier molecular flexibility index (Phi) is 17.7. The first-order valence-corrected chi connectivity index (χ1v) is 21.6. The second kappa shape index (κ2) is 22.4. The number of ether oxygens (including phenoxy) is 3. The molecule has 1 heterocycles. The monoisotopic (exact) mass is 870 g/mol. The Morgan fingerprint density at radius 2 is 1.29 bits per heavy atom. The molecule has 4 rings (SSSR count). The molecule has 63 heavy (non-hydrogen) atoms. The number of carbonyl (C=O) groups is 5. The highest BCUT2D eigenvalue weighted by atomic mass is 16.6. The molecule has 4 aromatic rings. The maximum atomic E-state index is 13.8. The van der Waals surface area contributed by atoms with E-state index in [9.17, 15) is 24.0 Å². The van der Waals surface area contributed by atoms with Crippen molar-refractivity contribution < 1.29 is 38.2 Å². The van der Waals surface area contributed by atoms with Crippen LogP contribution in [0.5, 0.6) is 0 Å². The molecule has 4 amide bonds. The van der Waals surface area contributed by atoms with E-state index in [0.717, 1.165) is 21.9 Å². The number of unbranched alkanes of at least 4 members (excludes halogenated alkanes) is 1. The smallest absolute Gasteiger partial charge is 0.329 e. The molecule has 15 heteroatoms. The first kappa shape index (κ1) is 49.7. The third-order valence-corrected chi connectivity index (χ3v) is 9.44. The second-order valence-electron chi connectivity index (χ2n) is 18.7. The van der Waals surface area contributed by atoms with E-state index < -0.39 is 47.3 Å². The number of aromatic nitrogens is 2. The molecule has 0 aliphatic heterocycles. The number of fused-ring (bicyclic) bond motifs is 1. The number of rotatable bonds is 20. The van der Waals surface area contributed by atoms with Crippen LogP contribution in [0.4, 0.5) is 10.5 Å². The van der Waals surface area contributed by atoms with Gasteiger partial charge in [-0.2, -0.15) is 5.10 Å². The fourth-order valence-electron chi connectivity index (χ4n) is 6.53. The van der Waals surface area contributed by atoms with Crippen LogP contribution in [-0.4, -0.2) is 87.6 Å². The number of esters is 2. The van der Waals surface area contributed by atoms with Crippen LogP contribution >= 0.6 is 0 Å². The van der Waals surface area contributed by atoms with Crippen molar-refractivity contribution in [2.75, 3.05) is 18.9 Å². The third-order valence-electron chi connectivity index (χ3n) is 9.44. The molecule has 0 spiro atoms. The van der Waals surface area contributed by atoms with Gasteiger partial charge in [0.25, 0.3) is 0 Å². The van der Waals surface area contributed by atoms with Crippen molar-refractivity contribution in [2.45, 2.75) is 142 Å². The number of benzene rings is 3. The van der Waals surface area contributed by atoms with Crippen molar-refractivity contribution in [1.82, 2.24) is 31.0 Å². The zero-order chi connectivity index (χ0) is 46.4. The lowest BCUT2D eigenvalue weighted by Gasteiger charge is -2.27. The van der Waals surface area contributed by atoms with Gasteiger partial charge in [0, 0.05) is 37.0 Å². The molecule has 1 aromatic heterocycles. The molecule has 0 unspecified atom stereocenters. The maximum Gasteiger partial charge on any atom is 0.329 e. The minimum atomic E-state index is -1.05. The highest BCUT2D eigenvalue weighted by Crippen LogP contribution is 2.20. The zero-order valence-corrected chi connectivity index (χ0v) is 38.3. The third kappa shape index (κ3) is 18.1. The largest absolute Gasteiger partial charge is 0.458 e. The van der Waals surface area contributed by atoms with Gasteiger partial charge in [-0.3, -0.25) is 14.3 Å². The molecule has 6 N–H and O–H groups in total. The Labute approximate surface area is 371 Å². The summed E-state index contributed by atoms with van der Waals surface area (Å²) in [6.45, 7) is 16.7. The summed E-state index contributed by atoms with van der Waals surface area (Å²) < 4.78 is 18.5. The van der Waals surface area contributed by atoms with Crippen molar-refractivity contribution in [1.29, 1.82) is 0 Å². The van der Waals surface area contributed by atoms with Gasteiger partial charge in [0.2, 0.25) is 11.8 Å². The minimum Gasteiger partial charge on any atom is -0.458 e. The van der Waals surface area contributed by atoms with Crippen LogP contribution < -0.4 is 27.0 Å². The van der Waals surface area contributed by atoms with E-state index in [1.807, 2.05) is 75.4 Å². The number of nitrogens with one attached hydrogen (secondary N) is 4. The highest BCUT2D eigenvalue weighted by molar-refractivity contribution is 5.89. The Hall–Kier alpha value is -5.96. The standard InChI is InChI=1S/C48H67N7O8/c1-46(2,3)61-28-14-18-39(44(59)63-48(7,8)9)53-45(60)52-38(43(58)62-47(4,5)6)17-12-13-26-50-42(57)40(30-32-19-20-33-15-10-11-16-35(33)29-32)51-41(56)31-55-27-25-37(54-55)34-21-23-36(49)24-22-34/h10-11,15-16,19-25,27,29,38-40H,12-14,17-18,26,28,30-31,49H2,1-9H3,(H,50,57)(H,51,56)(H2,52,53,60)/t38-,39-,40-/m0/s1. The van der Waals surface area contributed by atoms with E-state index in [0.29, 0.717) is 37.3 Å². The Bertz CT molecular complexity index is 2150. The van der Waals surface area contributed by atoms with Gasteiger partial charge in [-0.25, -0.2) is 14.4 Å². The van der Waals surface area contributed by atoms with Gasteiger partial charge in [0.05, 0.1) is 11.3 Å². The van der Waals surface area contributed by atoms with Gasteiger partial charge in [0.15, 0.2) is 0 Å². The summed E-state index contributed by atoms with van der Waals surface area (Å²) in [6, 6.07) is 19.3. The van der Waals surface area contributed by atoms with Gasteiger partial charge in [-0.05, 0) is 129 Å². The normalized spacial score (nSPS) is 13.3. The molecule has 0 aliphatic rings. The van der Waals surface area contributed by atoms with Crippen LogP contribution in [-0.2, 0) is 46.4 Å². The average molecular weight is 870 g/mol. The fraction of sp³-hybridized carbons (Fsp3) is 0.500. The number of hydrogen-bond donors (Lipinski definition) is 5. The van der Waals surface area contributed by atoms with Gasteiger partial charge in [0.1, 0.15) is 35.9 Å². The number of urea groups is 1. The van der Waals surface area contributed by atoms with E-state index in [4.69, 9.17) is 19.9 Å². The first-order valence-electron chi connectivity index (χ1n) is 21.6. The van der Waals surface area contributed by atoms with E-state index in [-0.39, 0.29) is 49.8 Å². The molecular weight excluding hydrogens is 803 g/mol. The second-order valence-corrected chi connectivity index (χ2v) is 18.7. The fourth-order valence-corrected chi connectivity index (χ4v) is 6.53.